The van der Waals surface area contributed by atoms with Gasteiger partial charge in [0, 0.05) is 0 Å². The van der Waals surface area contributed by atoms with Gasteiger partial charge in [-0.25, -0.2) is 9.97 Å². The van der Waals surface area contributed by atoms with Gasteiger partial charge in [-0.1, -0.05) is 0 Å². The van der Waals surface area contributed by atoms with Crippen LogP contribution in [0.15, 0.2) is 31.1 Å². The van der Waals surface area contributed by atoms with Gasteiger partial charge in [-0.3, -0.25) is 0 Å². The van der Waals surface area contributed by atoms with Crippen LogP contribution in [0.5, 0.6) is 0 Å². The van der Waals surface area contributed by atoms with Crippen molar-refractivity contribution in [2.75, 3.05) is 0 Å². The van der Waals surface area contributed by atoms with E-state index in [9.17, 15) is 0 Å². The fourth-order valence-corrected chi connectivity index (χ4v) is 0.744. The van der Waals surface area contributed by atoms with E-state index >= 15 is 0 Å². The predicted molar refractivity (Wildman–Crippen MR) is 36.9 cm³/mol. The van der Waals surface area contributed by atoms with Gasteiger partial charge >= 0.3 is 0 Å². The second-order valence-electron chi connectivity index (χ2n) is 1.92. The zero-order valence-corrected chi connectivity index (χ0v) is 5.62. The molecule has 0 aliphatic rings. The van der Waals surface area contributed by atoms with Crippen molar-refractivity contribution in [1.82, 2.24) is 25.0 Å². The lowest BCUT2D eigenvalue weighted by atomic mass is 10.6. The Morgan fingerprint density at radius 3 is 2.27 bits per heavy atom. The minimum atomic E-state index is 0.762. The van der Waals surface area contributed by atoms with Gasteiger partial charge in [0.1, 0.15) is 12.0 Å². The van der Waals surface area contributed by atoms with Crippen molar-refractivity contribution in [3.05, 3.63) is 31.1 Å². The summed E-state index contributed by atoms with van der Waals surface area (Å²) in [6, 6.07) is 0. The summed E-state index contributed by atoms with van der Waals surface area (Å²) >= 11 is 0. The number of rotatable bonds is 1. The number of hydrogen-bond donors (Lipinski definition) is 0. The van der Waals surface area contributed by atoms with Crippen molar-refractivity contribution in [3.8, 4) is 5.69 Å². The molecule has 2 rings (SSSR count). The molecule has 0 saturated heterocycles. The lowest BCUT2D eigenvalue weighted by Gasteiger charge is -1.94. The molecule has 5 heteroatoms. The Balaban J connectivity index is 2.46. The molecule has 11 heavy (non-hydrogen) atoms. The molecule has 5 nitrogen and oxygen atoms in total. The van der Waals surface area contributed by atoms with Crippen LogP contribution >= 0.6 is 0 Å². The minimum absolute atomic E-state index is 0.762. The smallest absolute Gasteiger partial charge is 0.122 e. The second kappa shape index (κ2) is 2.45. The summed E-state index contributed by atoms with van der Waals surface area (Å²) < 4.78 is 0. The largest absolute Gasteiger partial charge is 0.243 e. The van der Waals surface area contributed by atoms with E-state index in [2.05, 4.69) is 20.2 Å². The molecule has 0 fully saturated rings. The van der Waals surface area contributed by atoms with Crippen molar-refractivity contribution in [1.29, 1.82) is 0 Å². The summed E-state index contributed by atoms with van der Waals surface area (Å²) in [6.45, 7) is 0. The molecule has 0 aliphatic carbocycles. The molecule has 0 radical (unpaired) electrons. The van der Waals surface area contributed by atoms with E-state index in [1.54, 1.807) is 24.8 Å². The van der Waals surface area contributed by atoms with Crippen LogP contribution in [0.25, 0.3) is 5.69 Å². The maximum absolute atomic E-state index is 3.91. The maximum Gasteiger partial charge on any atom is 0.122 e. The molecular weight excluding hydrogens is 142 g/mol. The van der Waals surface area contributed by atoms with Gasteiger partial charge in [-0.2, -0.15) is 10.2 Å². The highest BCUT2D eigenvalue weighted by molar-refractivity contribution is 5.19. The molecule has 0 unspecified atom stereocenters. The highest BCUT2D eigenvalue weighted by atomic mass is 15.5. The lowest BCUT2D eigenvalue weighted by Crippen LogP contribution is -1.98. The second-order valence-corrected chi connectivity index (χ2v) is 1.92. The SMILES string of the molecule is c1ncc(-n2nccn2)cn1. The number of aromatic nitrogens is 5. The van der Waals surface area contributed by atoms with E-state index in [1.807, 2.05) is 0 Å². The average molecular weight is 147 g/mol. The van der Waals surface area contributed by atoms with E-state index < -0.39 is 0 Å². The van der Waals surface area contributed by atoms with E-state index in [0.29, 0.717) is 0 Å². The van der Waals surface area contributed by atoms with E-state index in [1.165, 1.54) is 11.1 Å². The van der Waals surface area contributed by atoms with Crippen LogP contribution < -0.4 is 0 Å². The molecule has 0 atom stereocenters. The summed E-state index contributed by atoms with van der Waals surface area (Å²) in [7, 11) is 0. The Kier molecular flexibility index (Phi) is 1.33. The van der Waals surface area contributed by atoms with Gasteiger partial charge in [0.05, 0.1) is 24.8 Å². The van der Waals surface area contributed by atoms with Crippen molar-refractivity contribution in [3.63, 3.8) is 0 Å². The van der Waals surface area contributed by atoms with Crippen LogP contribution in [0.1, 0.15) is 0 Å². The molecular formula is C6H5N5. The van der Waals surface area contributed by atoms with E-state index in [4.69, 9.17) is 0 Å². The predicted octanol–water partition coefficient (Wildman–Crippen LogP) is 0.0573. The highest BCUT2D eigenvalue weighted by Crippen LogP contribution is 1.96. The molecule has 54 valence electrons. The Labute approximate surface area is 62.7 Å². The molecule has 2 aromatic rings. The van der Waals surface area contributed by atoms with Gasteiger partial charge in [-0.05, 0) is 0 Å². The third-order valence-electron chi connectivity index (χ3n) is 1.20. The first-order chi connectivity index (χ1) is 5.47. The molecule has 0 aliphatic heterocycles. The Morgan fingerprint density at radius 2 is 1.64 bits per heavy atom. The Morgan fingerprint density at radius 1 is 1.00 bits per heavy atom. The molecule has 0 spiro atoms. The third kappa shape index (κ3) is 1.07. The first kappa shape index (κ1) is 5.96. The Bertz CT molecular complexity index is 314. The maximum atomic E-state index is 3.91. The van der Waals surface area contributed by atoms with Crippen molar-refractivity contribution < 1.29 is 0 Å². The summed E-state index contributed by atoms with van der Waals surface area (Å²) in [5.74, 6) is 0. The third-order valence-corrected chi connectivity index (χ3v) is 1.20. The van der Waals surface area contributed by atoms with Crippen molar-refractivity contribution in [2.24, 2.45) is 0 Å². The first-order valence-corrected chi connectivity index (χ1v) is 3.08. The minimum Gasteiger partial charge on any atom is -0.243 e. The zero-order chi connectivity index (χ0) is 7.52. The topological polar surface area (TPSA) is 56.5 Å². The van der Waals surface area contributed by atoms with Gasteiger partial charge < -0.3 is 0 Å². The fourth-order valence-electron chi connectivity index (χ4n) is 0.744. The number of hydrogen-bond acceptors (Lipinski definition) is 4. The van der Waals surface area contributed by atoms with Crippen LogP contribution in [-0.2, 0) is 0 Å². The summed E-state index contributed by atoms with van der Waals surface area (Å²) in [4.78, 5) is 9.12. The standard InChI is InChI=1S/C6H5N5/c1-2-10-11(9-1)6-3-7-5-8-4-6/h1-5H. The van der Waals surface area contributed by atoms with Crippen LogP contribution in [0, 0.1) is 0 Å². The lowest BCUT2D eigenvalue weighted by molar-refractivity contribution is 0.743. The highest BCUT2D eigenvalue weighted by Gasteiger charge is 1.94. The molecule has 0 bridgehead atoms. The molecule has 0 aromatic carbocycles. The van der Waals surface area contributed by atoms with Gasteiger partial charge in [0.15, 0.2) is 0 Å². The number of nitrogens with zero attached hydrogens (tertiary/aromatic N) is 5. The molecule has 2 heterocycles. The summed E-state index contributed by atoms with van der Waals surface area (Å²) in [5, 5.41) is 7.82. The normalized spacial score (nSPS) is 9.82. The van der Waals surface area contributed by atoms with Crippen LogP contribution in [-0.4, -0.2) is 25.0 Å². The van der Waals surface area contributed by atoms with Gasteiger partial charge in [0.2, 0.25) is 0 Å². The fraction of sp³-hybridized carbons (Fsp3) is 0. The van der Waals surface area contributed by atoms with Crippen molar-refractivity contribution >= 4 is 0 Å². The molecule has 0 saturated carbocycles. The van der Waals surface area contributed by atoms with Crippen LogP contribution in [0.3, 0.4) is 0 Å². The first-order valence-electron chi connectivity index (χ1n) is 3.08. The van der Waals surface area contributed by atoms with E-state index in [-0.39, 0.29) is 0 Å². The van der Waals surface area contributed by atoms with Crippen LogP contribution in [0.4, 0.5) is 0 Å². The molecule has 0 N–H and O–H groups in total. The van der Waals surface area contributed by atoms with Gasteiger partial charge in [0.25, 0.3) is 0 Å². The van der Waals surface area contributed by atoms with Crippen molar-refractivity contribution in [2.45, 2.75) is 0 Å². The molecule has 0 amide bonds. The van der Waals surface area contributed by atoms with Gasteiger partial charge in [-0.15, -0.1) is 4.80 Å². The zero-order valence-electron chi connectivity index (χ0n) is 5.62. The monoisotopic (exact) mass is 147 g/mol. The summed E-state index contributed by atoms with van der Waals surface area (Å²) in [6.07, 6.45) is 7.97. The van der Waals surface area contributed by atoms with E-state index in [0.717, 1.165) is 5.69 Å². The quantitative estimate of drug-likeness (QED) is 0.572. The summed E-state index contributed by atoms with van der Waals surface area (Å²) in [5.41, 5.74) is 0.762. The Hall–Kier alpha value is -1.78. The average Bonchev–Trinajstić information content (AvgIpc) is 2.58. The van der Waals surface area contributed by atoms with Crippen LogP contribution in [0.2, 0.25) is 0 Å². The molecule has 2 aromatic heterocycles.